The van der Waals surface area contributed by atoms with Crippen molar-refractivity contribution < 1.29 is 8.42 Å². The summed E-state index contributed by atoms with van der Waals surface area (Å²) in [6.45, 7) is 1.82. The van der Waals surface area contributed by atoms with Crippen LogP contribution in [0.4, 0.5) is 0 Å². The van der Waals surface area contributed by atoms with Gasteiger partial charge in [-0.15, -0.1) is 0 Å². The third-order valence-corrected chi connectivity index (χ3v) is 4.60. The fraction of sp³-hybridized carbons (Fsp3) is 0.909. The van der Waals surface area contributed by atoms with E-state index in [1.54, 1.807) is 0 Å². The molecule has 0 heterocycles. The number of rotatable bonds is 5. The number of nitriles is 1. The third kappa shape index (κ3) is 4.11. The Balaban J connectivity index is 2.58. The molecule has 0 spiro atoms. The minimum atomic E-state index is -3.26. The Morgan fingerprint density at radius 3 is 2.50 bits per heavy atom. The molecular formula is C11H20N2O2S. The van der Waals surface area contributed by atoms with Crippen LogP contribution in [0.2, 0.25) is 0 Å². The SMILES string of the molecule is CCCS(=O)(=O)NC(C#N)C1CCCCC1. The first-order valence-electron chi connectivity index (χ1n) is 5.98. The molecule has 1 unspecified atom stereocenters. The highest BCUT2D eigenvalue weighted by atomic mass is 32.2. The zero-order valence-corrected chi connectivity index (χ0v) is 10.6. The van der Waals surface area contributed by atoms with Gasteiger partial charge in [0.25, 0.3) is 0 Å². The highest BCUT2D eigenvalue weighted by Crippen LogP contribution is 2.26. The third-order valence-electron chi connectivity index (χ3n) is 3.04. The van der Waals surface area contributed by atoms with Crippen LogP contribution in [0.1, 0.15) is 45.4 Å². The van der Waals surface area contributed by atoms with Crippen LogP contribution in [0.3, 0.4) is 0 Å². The average Bonchev–Trinajstić information content (AvgIpc) is 2.27. The fourth-order valence-corrected chi connectivity index (χ4v) is 3.50. The van der Waals surface area contributed by atoms with Gasteiger partial charge in [0.1, 0.15) is 6.04 Å². The minimum absolute atomic E-state index is 0.109. The Labute approximate surface area is 98.1 Å². The molecule has 0 aromatic heterocycles. The molecule has 0 amide bonds. The average molecular weight is 244 g/mol. The first kappa shape index (κ1) is 13.5. The molecular weight excluding hydrogens is 224 g/mol. The molecule has 16 heavy (non-hydrogen) atoms. The maximum Gasteiger partial charge on any atom is 0.212 e. The first-order chi connectivity index (χ1) is 7.59. The van der Waals surface area contributed by atoms with E-state index in [4.69, 9.17) is 5.26 Å². The van der Waals surface area contributed by atoms with Gasteiger partial charge >= 0.3 is 0 Å². The van der Waals surface area contributed by atoms with E-state index in [1.165, 1.54) is 6.42 Å². The molecule has 1 rings (SSSR count). The van der Waals surface area contributed by atoms with Gasteiger partial charge in [0.2, 0.25) is 10.0 Å². The second kappa shape index (κ2) is 6.21. The quantitative estimate of drug-likeness (QED) is 0.801. The van der Waals surface area contributed by atoms with Crippen LogP contribution >= 0.6 is 0 Å². The Bertz CT molecular complexity index is 339. The van der Waals surface area contributed by atoms with Gasteiger partial charge in [-0.25, -0.2) is 8.42 Å². The Morgan fingerprint density at radius 2 is 2.00 bits per heavy atom. The summed E-state index contributed by atoms with van der Waals surface area (Å²) in [5, 5.41) is 9.03. The molecule has 4 nitrogen and oxygen atoms in total. The van der Waals surface area contributed by atoms with Crippen molar-refractivity contribution in [1.82, 2.24) is 4.72 Å². The van der Waals surface area contributed by atoms with E-state index in [2.05, 4.69) is 10.8 Å². The summed E-state index contributed by atoms with van der Waals surface area (Å²) in [5.74, 6) is 0.308. The van der Waals surface area contributed by atoms with Gasteiger partial charge in [-0.2, -0.15) is 9.98 Å². The summed E-state index contributed by atoms with van der Waals surface area (Å²) in [6.07, 6.45) is 5.94. The number of hydrogen-bond acceptors (Lipinski definition) is 3. The minimum Gasteiger partial charge on any atom is -0.212 e. The molecule has 0 bridgehead atoms. The van der Waals surface area contributed by atoms with Crippen molar-refractivity contribution in [3.63, 3.8) is 0 Å². The Kier molecular flexibility index (Phi) is 5.23. The largest absolute Gasteiger partial charge is 0.212 e. The summed E-state index contributed by atoms with van der Waals surface area (Å²) in [4.78, 5) is 0. The summed E-state index contributed by atoms with van der Waals surface area (Å²) in [6, 6.07) is 1.57. The molecule has 0 aliphatic heterocycles. The van der Waals surface area contributed by atoms with Gasteiger partial charge in [0, 0.05) is 0 Å². The number of hydrogen-bond donors (Lipinski definition) is 1. The Hall–Kier alpha value is -0.600. The normalized spacial score (nSPS) is 20.2. The highest BCUT2D eigenvalue weighted by Gasteiger charge is 2.26. The van der Waals surface area contributed by atoms with Crippen molar-refractivity contribution in [3.8, 4) is 6.07 Å². The molecule has 5 heteroatoms. The van der Waals surface area contributed by atoms with Gasteiger partial charge in [0.05, 0.1) is 11.8 Å². The van der Waals surface area contributed by atoms with E-state index >= 15 is 0 Å². The van der Waals surface area contributed by atoms with Gasteiger partial charge in [-0.3, -0.25) is 0 Å². The summed E-state index contributed by atoms with van der Waals surface area (Å²) in [5.41, 5.74) is 0. The standard InChI is InChI=1S/C11H20N2O2S/c1-2-8-16(14,15)13-11(9-12)10-6-4-3-5-7-10/h10-11,13H,2-8H2,1H3. The number of nitrogens with one attached hydrogen (secondary N) is 1. The summed E-state index contributed by atoms with van der Waals surface area (Å²) >= 11 is 0. The molecule has 1 N–H and O–H groups in total. The van der Waals surface area contributed by atoms with Crippen molar-refractivity contribution in [2.24, 2.45) is 5.92 Å². The first-order valence-corrected chi connectivity index (χ1v) is 7.64. The van der Waals surface area contributed by atoms with Crippen molar-refractivity contribution >= 4 is 10.0 Å². The molecule has 0 aromatic carbocycles. The smallest absolute Gasteiger partial charge is 0.212 e. The van der Waals surface area contributed by atoms with Gasteiger partial charge in [0.15, 0.2) is 0 Å². The van der Waals surface area contributed by atoms with Crippen LogP contribution in [-0.2, 0) is 10.0 Å². The maximum absolute atomic E-state index is 11.6. The lowest BCUT2D eigenvalue weighted by molar-refractivity contribution is 0.324. The molecule has 1 aliphatic carbocycles. The predicted molar refractivity (Wildman–Crippen MR) is 63.2 cm³/mol. The van der Waals surface area contributed by atoms with Crippen LogP contribution in [0.15, 0.2) is 0 Å². The maximum atomic E-state index is 11.6. The van der Waals surface area contributed by atoms with Crippen molar-refractivity contribution in [2.75, 3.05) is 5.75 Å². The monoisotopic (exact) mass is 244 g/mol. The highest BCUT2D eigenvalue weighted by molar-refractivity contribution is 7.89. The lowest BCUT2D eigenvalue weighted by Gasteiger charge is -2.26. The molecule has 1 aliphatic rings. The molecule has 0 saturated heterocycles. The van der Waals surface area contributed by atoms with Crippen molar-refractivity contribution in [2.45, 2.75) is 51.5 Å². The zero-order chi connectivity index (χ0) is 12.0. The van der Waals surface area contributed by atoms with Crippen LogP contribution in [0.25, 0.3) is 0 Å². The number of nitrogens with zero attached hydrogens (tertiary/aromatic N) is 1. The van der Waals surface area contributed by atoms with E-state index in [0.29, 0.717) is 6.42 Å². The second-order valence-corrected chi connectivity index (χ2v) is 6.32. The molecule has 0 aromatic rings. The van der Waals surface area contributed by atoms with Crippen molar-refractivity contribution in [3.05, 3.63) is 0 Å². The molecule has 1 fully saturated rings. The molecule has 0 radical (unpaired) electrons. The molecule has 1 saturated carbocycles. The number of sulfonamides is 1. The second-order valence-electron chi connectivity index (χ2n) is 4.44. The fourth-order valence-electron chi connectivity index (χ4n) is 2.22. The van der Waals surface area contributed by atoms with Crippen LogP contribution < -0.4 is 4.72 Å². The lowest BCUT2D eigenvalue weighted by Crippen LogP contribution is -2.41. The summed E-state index contributed by atoms with van der Waals surface area (Å²) in [7, 11) is -3.26. The van der Waals surface area contributed by atoms with Crippen LogP contribution in [0.5, 0.6) is 0 Å². The zero-order valence-electron chi connectivity index (χ0n) is 9.78. The van der Waals surface area contributed by atoms with Gasteiger partial charge in [-0.05, 0) is 25.2 Å². The van der Waals surface area contributed by atoms with Crippen molar-refractivity contribution in [1.29, 1.82) is 5.26 Å². The van der Waals surface area contributed by atoms with E-state index in [9.17, 15) is 8.42 Å². The van der Waals surface area contributed by atoms with E-state index in [-0.39, 0.29) is 11.7 Å². The van der Waals surface area contributed by atoms with Crippen LogP contribution in [-0.4, -0.2) is 20.2 Å². The topological polar surface area (TPSA) is 70.0 Å². The molecule has 1 atom stereocenters. The van der Waals surface area contributed by atoms with Crippen LogP contribution in [0, 0.1) is 17.2 Å². The van der Waals surface area contributed by atoms with E-state index < -0.39 is 16.1 Å². The Morgan fingerprint density at radius 1 is 1.38 bits per heavy atom. The van der Waals surface area contributed by atoms with Gasteiger partial charge in [-0.1, -0.05) is 26.2 Å². The lowest BCUT2D eigenvalue weighted by atomic mass is 9.85. The van der Waals surface area contributed by atoms with E-state index in [0.717, 1.165) is 25.7 Å². The molecule has 92 valence electrons. The predicted octanol–water partition coefficient (Wildman–Crippen LogP) is 1.79. The van der Waals surface area contributed by atoms with Gasteiger partial charge < -0.3 is 0 Å². The van der Waals surface area contributed by atoms with E-state index in [1.807, 2.05) is 6.92 Å². The summed E-state index contributed by atoms with van der Waals surface area (Å²) < 4.78 is 25.7.